The molecule has 2 nitrogen and oxygen atoms in total. The van der Waals surface area contributed by atoms with E-state index in [0.717, 1.165) is 12.1 Å². The van der Waals surface area contributed by atoms with Crippen LogP contribution >= 0.6 is 11.6 Å². The Labute approximate surface area is 97.1 Å². The van der Waals surface area contributed by atoms with Gasteiger partial charge in [-0.05, 0) is 18.9 Å². The molecule has 3 heteroatoms. The fraction of sp³-hybridized carbons (Fsp3) is 0.583. The Balaban J connectivity index is 2.47. The zero-order valence-corrected chi connectivity index (χ0v) is 10.4. The summed E-state index contributed by atoms with van der Waals surface area (Å²) in [5, 5.41) is 4.06. The third kappa shape index (κ3) is 3.80. The molecule has 15 heavy (non-hydrogen) atoms. The summed E-state index contributed by atoms with van der Waals surface area (Å²) < 4.78 is 0. The van der Waals surface area contributed by atoms with E-state index in [-0.39, 0.29) is 0 Å². The third-order valence-corrected chi connectivity index (χ3v) is 3.29. The molecular weight excluding hydrogens is 208 g/mol. The van der Waals surface area contributed by atoms with E-state index >= 15 is 0 Å². The summed E-state index contributed by atoms with van der Waals surface area (Å²) in [6, 6.07) is 4.42. The molecule has 0 saturated heterocycles. The van der Waals surface area contributed by atoms with Crippen LogP contribution in [0.4, 0.5) is 0 Å². The molecule has 0 fully saturated rings. The normalized spacial score (nSPS) is 14.9. The molecule has 0 bridgehead atoms. The standard InChI is InChI=1S/C12H19ClN2/c1-4-9(2)10(3)15-8-11-6-5-7-14-12(11)13/h5-7,9-10,15H,4,8H2,1-3H3. The molecule has 0 aliphatic carbocycles. The van der Waals surface area contributed by atoms with Gasteiger partial charge in [-0.25, -0.2) is 4.98 Å². The van der Waals surface area contributed by atoms with E-state index in [2.05, 4.69) is 31.1 Å². The predicted octanol–water partition coefficient (Wildman–Crippen LogP) is 3.26. The summed E-state index contributed by atoms with van der Waals surface area (Å²) >= 11 is 5.97. The Kier molecular flexibility index (Phi) is 5.06. The molecule has 1 N–H and O–H groups in total. The van der Waals surface area contributed by atoms with Crippen LogP contribution in [0.15, 0.2) is 18.3 Å². The van der Waals surface area contributed by atoms with Gasteiger partial charge in [0.05, 0.1) is 0 Å². The van der Waals surface area contributed by atoms with Crippen molar-refractivity contribution in [1.29, 1.82) is 0 Å². The lowest BCUT2D eigenvalue weighted by molar-refractivity contribution is 0.389. The zero-order chi connectivity index (χ0) is 11.3. The van der Waals surface area contributed by atoms with Crippen molar-refractivity contribution in [2.75, 3.05) is 0 Å². The molecule has 2 atom stereocenters. The number of pyridine rings is 1. The second-order valence-corrected chi connectivity index (χ2v) is 4.37. The summed E-state index contributed by atoms with van der Waals surface area (Å²) in [5.41, 5.74) is 1.06. The molecule has 2 unspecified atom stereocenters. The van der Waals surface area contributed by atoms with Gasteiger partial charge in [0.1, 0.15) is 5.15 Å². The van der Waals surface area contributed by atoms with E-state index in [1.807, 2.05) is 12.1 Å². The Morgan fingerprint density at radius 3 is 2.80 bits per heavy atom. The van der Waals surface area contributed by atoms with Crippen LogP contribution in [-0.4, -0.2) is 11.0 Å². The van der Waals surface area contributed by atoms with Crippen LogP contribution in [-0.2, 0) is 6.54 Å². The largest absolute Gasteiger partial charge is 0.310 e. The first-order chi connectivity index (χ1) is 7.15. The van der Waals surface area contributed by atoms with Gasteiger partial charge in [-0.1, -0.05) is 37.9 Å². The second kappa shape index (κ2) is 6.09. The number of rotatable bonds is 5. The van der Waals surface area contributed by atoms with Crippen LogP contribution in [0.3, 0.4) is 0 Å². The molecule has 0 amide bonds. The first-order valence-corrected chi connectivity index (χ1v) is 5.85. The summed E-state index contributed by atoms with van der Waals surface area (Å²) in [5.74, 6) is 0.681. The summed E-state index contributed by atoms with van der Waals surface area (Å²) in [6.07, 6.45) is 2.90. The lowest BCUT2D eigenvalue weighted by Crippen LogP contribution is -2.31. The third-order valence-electron chi connectivity index (χ3n) is 2.95. The van der Waals surface area contributed by atoms with Crippen molar-refractivity contribution in [1.82, 2.24) is 10.3 Å². The first kappa shape index (κ1) is 12.5. The maximum absolute atomic E-state index is 5.97. The average Bonchev–Trinajstić information content (AvgIpc) is 2.26. The number of nitrogens with zero attached hydrogens (tertiary/aromatic N) is 1. The van der Waals surface area contributed by atoms with E-state index in [0.29, 0.717) is 17.1 Å². The fourth-order valence-electron chi connectivity index (χ4n) is 1.38. The van der Waals surface area contributed by atoms with Crippen LogP contribution in [0.1, 0.15) is 32.8 Å². The van der Waals surface area contributed by atoms with Crippen LogP contribution in [0, 0.1) is 5.92 Å². The zero-order valence-electron chi connectivity index (χ0n) is 9.63. The summed E-state index contributed by atoms with van der Waals surface area (Å²) in [6.45, 7) is 7.46. The Morgan fingerprint density at radius 1 is 1.47 bits per heavy atom. The molecular formula is C12H19ClN2. The lowest BCUT2D eigenvalue weighted by atomic mass is 10.0. The maximum Gasteiger partial charge on any atom is 0.133 e. The molecule has 0 radical (unpaired) electrons. The van der Waals surface area contributed by atoms with Gasteiger partial charge >= 0.3 is 0 Å². The molecule has 1 heterocycles. The second-order valence-electron chi connectivity index (χ2n) is 4.01. The minimum Gasteiger partial charge on any atom is -0.310 e. The molecule has 1 rings (SSSR count). The number of hydrogen-bond acceptors (Lipinski definition) is 2. The predicted molar refractivity (Wildman–Crippen MR) is 65.0 cm³/mol. The first-order valence-electron chi connectivity index (χ1n) is 5.48. The van der Waals surface area contributed by atoms with Crippen molar-refractivity contribution in [2.24, 2.45) is 5.92 Å². The summed E-state index contributed by atoms with van der Waals surface area (Å²) in [4.78, 5) is 4.05. The Morgan fingerprint density at radius 2 is 2.20 bits per heavy atom. The van der Waals surface area contributed by atoms with Crippen LogP contribution in [0.5, 0.6) is 0 Å². The van der Waals surface area contributed by atoms with Crippen LogP contribution in [0.25, 0.3) is 0 Å². The fourth-order valence-corrected chi connectivity index (χ4v) is 1.56. The highest BCUT2D eigenvalue weighted by molar-refractivity contribution is 6.30. The SMILES string of the molecule is CCC(C)C(C)NCc1cccnc1Cl. The summed E-state index contributed by atoms with van der Waals surface area (Å²) in [7, 11) is 0. The van der Waals surface area contributed by atoms with Crippen LogP contribution in [0.2, 0.25) is 5.15 Å². The molecule has 1 aromatic heterocycles. The van der Waals surface area contributed by atoms with Crippen LogP contribution < -0.4 is 5.32 Å². The molecule has 0 aromatic carbocycles. The van der Waals surface area contributed by atoms with Gasteiger partial charge in [0.25, 0.3) is 0 Å². The van der Waals surface area contributed by atoms with Crippen molar-refractivity contribution < 1.29 is 0 Å². The van der Waals surface area contributed by atoms with Crippen molar-refractivity contribution in [3.63, 3.8) is 0 Å². The number of nitrogens with one attached hydrogen (secondary N) is 1. The minimum atomic E-state index is 0.506. The molecule has 84 valence electrons. The van der Waals surface area contributed by atoms with E-state index < -0.39 is 0 Å². The highest BCUT2D eigenvalue weighted by atomic mass is 35.5. The van der Waals surface area contributed by atoms with Gasteiger partial charge in [0.2, 0.25) is 0 Å². The average molecular weight is 227 g/mol. The van der Waals surface area contributed by atoms with Gasteiger partial charge in [0, 0.05) is 24.3 Å². The topological polar surface area (TPSA) is 24.9 Å². The molecule has 0 spiro atoms. The molecule has 0 aliphatic heterocycles. The van der Waals surface area contributed by atoms with Crippen molar-refractivity contribution in [3.05, 3.63) is 29.0 Å². The maximum atomic E-state index is 5.97. The highest BCUT2D eigenvalue weighted by Gasteiger charge is 2.09. The molecule has 0 saturated carbocycles. The lowest BCUT2D eigenvalue weighted by Gasteiger charge is -2.20. The van der Waals surface area contributed by atoms with Gasteiger partial charge in [0.15, 0.2) is 0 Å². The van der Waals surface area contributed by atoms with E-state index in [4.69, 9.17) is 11.6 Å². The number of hydrogen-bond donors (Lipinski definition) is 1. The monoisotopic (exact) mass is 226 g/mol. The quantitative estimate of drug-likeness (QED) is 0.780. The smallest absolute Gasteiger partial charge is 0.133 e. The highest BCUT2D eigenvalue weighted by Crippen LogP contribution is 2.13. The van der Waals surface area contributed by atoms with E-state index in [1.54, 1.807) is 6.20 Å². The number of halogens is 1. The Hall–Kier alpha value is -0.600. The van der Waals surface area contributed by atoms with E-state index in [9.17, 15) is 0 Å². The molecule has 1 aromatic rings. The van der Waals surface area contributed by atoms with Crippen molar-refractivity contribution >= 4 is 11.6 Å². The number of aromatic nitrogens is 1. The van der Waals surface area contributed by atoms with Crippen molar-refractivity contribution in [2.45, 2.75) is 39.8 Å². The Bertz CT molecular complexity index is 301. The van der Waals surface area contributed by atoms with Crippen molar-refractivity contribution in [3.8, 4) is 0 Å². The van der Waals surface area contributed by atoms with Gasteiger partial charge in [-0.15, -0.1) is 0 Å². The molecule has 0 aliphatic rings. The van der Waals surface area contributed by atoms with Gasteiger partial charge in [-0.2, -0.15) is 0 Å². The van der Waals surface area contributed by atoms with E-state index in [1.165, 1.54) is 6.42 Å². The van der Waals surface area contributed by atoms with Gasteiger partial charge in [-0.3, -0.25) is 0 Å². The minimum absolute atomic E-state index is 0.506. The van der Waals surface area contributed by atoms with Gasteiger partial charge < -0.3 is 5.32 Å².